The van der Waals surface area contributed by atoms with Crippen LogP contribution in [0.1, 0.15) is 12.0 Å². The maximum atomic E-state index is 12.5. The molecule has 1 unspecified atom stereocenters. The van der Waals surface area contributed by atoms with Gasteiger partial charge in [0.15, 0.2) is 0 Å². The average Bonchev–Trinajstić information content (AvgIpc) is 2.57. The van der Waals surface area contributed by atoms with Gasteiger partial charge in [-0.15, -0.1) is 0 Å². The Morgan fingerprint density at radius 3 is 2.62 bits per heavy atom. The largest absolute Gasteiger partial charge is 0.419 e. The minimum Gasteiger partial charge on any atom is -0.375 e. The fraction of sp³-hybridized carbons (Fsp3) is 0.467. The molecule has 5 nitrogen and oxygen atoms in total. The highest BCUT2D eigenvalue weighted by Gasteiger charge is 2.31. The number of ether oxygens (including phenoxy) is 1. The van der Waals surface area contributed by atoms with Crippen molar-refractivity contribution in [2.75, 3.05) is 25.0 Å². The van der Waals surface area contributed by atoms with Crippen LogP contribution in [-0.2, 0) is 10.9 Å². The van der Waals surface area contributed by atoms with E-state index in [1.54, 1.807) is 6.08 Å². The summed E-state index contributed by atoms with van der Waals surface area (Å²) in [6, 6.07) is 0. The second-order valence-electron chi connectivity index (χ2n) is 5.58. The van der Waals surface area contributed by atoms with Gasteiger partial charge in [0.05, 0.1) is 24.0 Å². The molecule has 0 aromatic carbocycles. The van der Waals surface area contributed by atoms with E-state index in [0.717, 1.165) is 25.5 Å². The first-order chi connectivity index (χ1) is 11.4. The zero-order valence-corrected chi connectivity index (χ0v) is 13.4. The fourth-order valence-electron chi connectivity index (χ4n) is 2.58. The molecule has 1 saturated heterocycles. The van der Waals surface area contributed by atoms with E-state index in [1.165, 1.54) is 0 Å². The number of morpholine rings is 1. The summed E-state index contributed by atoms with van der Waals surface area (Å²) in [5.41, 5.74) is -0.314. The lowest BCUT2D eigenvalue weighted by Crippen LogP contribution is -2.42. The SMILES string of the molecule is FC(F)(F)c1cnc(NC2=C(Cl)CC([C@H]3CNCCO3)C=C2)nc1. The van der Waals surface area contributed by atoms with E-state index in [9.17, 15) is 13.2 Å². The topological polar surface area (TPSA) is 59.1 Å². The Labute approximate surface area is 142 Å². The van der Waals surface area contributed by atoms with E-state index < -0.39 is 11.7 Å². The van der Waals surface area contributed by atoms with E-state index in [-0.39, 0.29) is 18.0 Å². The zero-order chi connectivity index (χ0) is 17.2. The molecule has 9 heteroatoms. The Hall–Kier alpha value is -1.64. The Bertz CT molecular complexity index is 639. The van der Waals surface area contributed by atoms with Crippen molar-refractivity contribution in [3.63, 3.8) is 0 Å². The van der Waals surface area contributed by atoms with Crippen molar-refractivity contribution in [3.05, 3.63) is 40.8 Å². The van der Waals surface area contributed by atoms with Gasteiger partial charge in [-0.1, -0.05) is 17.7 Å². The number of aromatic nitrogens is 2. The van der Waals surface area contributed by atoms with Gasteiger partial charge >= 0.3 is 6.18 Å². The molecular formula is C15H16ClF3N4O. The normalized spacial score (nSPS) is 25.0. The van der Waals surface area contributed by atoms with Gasteiger partial charge < -0.3 is 15.4 Å². The van der Waals surface area contributed by atoms with Crippen LogP contribution in [0.25, 0.3) is 0 Å². The lowest BCUT2D eigenvalue weighted by molar-refractivity contribution is -0.138. The monoisotopic (exact) mass is 360 g/mol. The molecule has 130 valence electrons. The summed E-state index contributed by atoms with van der Waals surface area (Å²) < 4.78 is 43.2. The van der Waals surface area contributed by atoms with Gasteiger partial charge in [-0.25, -0.2) is 9.97 Å². The summed E-state index contributed by atoms with van der Waals surface area (Å²) in [6.07, 6.45) is 1.44. The van der Waals surface area contributed by atoms with Gasteiger partial charge in [-0.2, -0.15) is 13.2 Å². The molecule has 3 rings (SSSR count). The van der Waals surface area contributed by atoms with Gasteiger partial charge in [-0.3, -0.25) is 0 Å². The molecule has 1 aliphatic carbocycles. The van der Waals surface area contributed by atoms with Crippen LogP contribution in [-0.4, -0.2) is 35.8 Å². The molecule has 24 heavy (non-hydrogen) atoms. The summed E-state index contributed by atoms with van der Waals surface area (Å²) >= 11 is 6.30. The highest BCUT2D eigenvalue weighted by molar-refractivity contribution is 6.30. The van der Waals surface area contributed by atoms with Crippen LogP contribution < -0.4 is 10.6 Å². The van der Waals surface area contributed by atoms with E-state index >= 15 is 0 Å². The molecule has 0 bridgehead atoms. The molecule has 1 fully saturated rings. The number of allylic oxidation sites excluding steroid dienone is 2. The maximum absolute atomic E-state index is 12.5. The van der Waals surface area contributed by atoms with Crippen LogP contribution in [0.2, 0.25) is 0 Å². The summed E-state index contributed by atoms with van der Waals surface area (Å²) in [4.78, 5) is 7.36. The minimum atomic E-state index is -4.46. The van der Waals surface area contributed by atoms with Crippen LogP contribution in [0.15, 0.2) is 35.3 Å². The highest BCUT2D eigenvalue weighted by atomic mass is 35.5. The summed E-state index contributed by atoms with van der Waals surface area (Å²) in [5.74, 6) is 0.221. The average molecular weight is 361 g/mol. The molecule has 1 aliphatic heterocycles. The number of alkyl halides is 3. The smallest absolute Gasteiger partial charge is 0.375 e. The summed E-state index contributed by atoms with van der Waals surface area (Å²) in [6.45, 7) is 2.28. The van der Waals surface area contributed by atoms with Gasteiger partial charge in [0.25, 0.3) is 0 Å². The third-order valence-corrected chi connectivity index (χ3v) is 4.23. The summed E-state index contributed by atoms with van der Waals surface area (Å²) in [7, 11) is 0. The van der Waals surface area contributed by atoms with Gasteiger partial charge in [-0.05, 0) is 12.5 Å². The molecular weight excluding hydrogens is 345 g/mol. The van der Waals surface area contributed by atoms with Crippen LogP contribution in [0.4, 0.5) is 19.1 Å². The standard InChI is InChI=1S/C15H16ClF3N4O/c16-11-5-9(13-8-20-3-4-24-13)1-2-12(11)23-14-21-6-10(7-22-14)15(17,18)19/h1-2,6-7,9,13,20H,3-5,8H2,(H,21,22,23)/t9?,13-/m1/s1. The Morgan fingerprint density at radius 1 is 1.29 bits per heavy atom. The number of rotatable bonds is 3. The number of hydrogen-bond acceptors (Lipinski definition) is 5. The molecule has 2 aliphatic rings. The molecule has 0 spiro atoms. The minimum absolute atomic E-state index is 0.0626. The predicted octanol–water partition coefficient (Wildman–Crippen LogP) is 2.92. The van der Waals surface area contributed by atoms with Gasteiger partial charge in [0.2, 0.25) is 5.95 Å². The summed E-state index contributed by atoms with van der Waals surface area (Å²) in [5, 5.41) is 6.69. The fourth-order valence-corrected chi connectivity index (χ4v) is 2.87. The van der Waals surface area contributed by atoms with Crippen molar-refractivity contribution in [1.82, 2.24) is 15.3 Å². The van der Waals surface area contributed by atoms with Crippen LogP contribution in [0, 0.1) is 5.92 Å². The molecule has 2 N–H and O–H groups in total. The number of halogens is 4. The second kappa shape index (κ2) is 7.08. The first-order valence-electron chi connectivity index (χ1n) is 7.49. The number of nitrogens with one attached hydrogen (secondary N) is 2. The zero-order valence-electron chi connectivity index (χ0n) is 12.6. The molecule has 1 aromatic heterocycles. The van der Waals surface area contributed by atoms with Crippen molar-refractivity contribution < 1.29 is 17.9 Å². The quantitative estimate of drug-likeness (QED) is 0.868. The molecule has 2 atom stereocenters. The van der Waals surface area contributed by atoms with Crippen LogP contribution in [0.3, 0.4) is 0 Å². The van der Waals surface area contributed by atoms with E-state index in [0.29, 0.717) is 23.8 Å². The number of hydrogen-bond donors (Lipinski definition) is 2. The van der Waals surface area contributed by atoms with Crippen LogP contribution >= 0.6 is 11.6 Å². The third-order valence-electron chi connectivity index (χ3n) is 3.88. The van der Waals surface area contributed by atoms with E-state index in [1.807, 2.05) is 6.08 Å². The second-order valence-corrected chi connectivity index (χ2v) is 6.03. The Morgan fingerprint density at radius 2 is 2.04 bits per heavy atom. The predicted molar refractivity (Wildman–Crippen MR) is 83.4 cm³/mol. The number of nitrogens with zero attached hydrogens (tertiary/aromatic N) is 2. The first kappa shape index (κ1) is 17.2. The van der Waals surface area contributed by atoms with E-state index in [4.69, 9.17) is 16.3 Å². The number of anilines is 1. The third kappa shape index (κ3) is 4.06. The lowest BCUT2D eigenvalue weighted by Gasteiger charge is -2.31. The molecule has 1 aromatic rings. The van der Waals surface area contributed by atoms with Crippen molar-refractivity contribution in [2.24, 2.45) is 5.92 Å². The van der Waals surface area contributed by atoms with Gasteiger partial charge in [0, 0.05) is 36.4 Å². The van der Waals surface area contributed by atoms with Crippen molar-refractivity contribution in [2.45, 2.75) is 18.7 Å². The Balaban J connectivity index is 1.64. The highest BCUT2D eigenvalue weighted by Crippen LogP contribution is 2.31. The molecule has 0 radical (unpaired) electrons. The van der Waals surface area contributed by atoms with Crippen molar-refractivity contribution in [1.29, 1.82) is 0 Å². The maximum Gasteiger partial charge on any atom is 0.419 e. The molecule has 0 amide bonds. The van der Waals surface area contributed by atoms with Crippen molar-refractivity contribution >= 4 is 17.5 Å². The van der Waals surface area contributed by atoms with Crippen molar-refractivity contribution in [3.8, 4) is 0 Å². The first-order valence-corrected chi connectivity index (χ1v) is 7.87. The van der Waals surface area contributed by atoms with Crippen LogP contribution in [0.5, 0.6) is 0 Å². The Kier molecular flexibility index (Phi) is 5.07. The molecule has 2 heterocycles. The molecule has 0 saturated carbocycles. The van der Waals surface area contributed by atoms with Gasteiger partial charge in [0.1, 0.15) is 0 Å². The lowest BCUT2D eigenvalue weighted by atomic mass is 9.92. The van der Waals surface area contributed by atoms with E-state index in [2.05, 4.69) is 20.6 Å².